The number of hydrogen-bond donors (Lipinski definition) is 0. The van der Waals surface area contributed by atoms with Gasteiger partial charge in [0.15, 0.2) is 0 Å². The minimum atomic E-state index is 0.769. The van der Waals surface area contributed by atoms with Gasteiger partial charge in [0.1, 0.15) is 0 Å². The highest BCUT2D eigenvalue weighted by Gasteiger charge is 2.00. The van der Waals surface area contributed by atoms with E-state index < -0.39 is 0 Å². The van der Waals surface area contributed by atoms with E-state index in [9.17, 15) is 0 Å². The molecule has 0 aromatic rings. The summed E-state index contributed by atoms with van der Waals surface area (Å²) >= 11 is 9.34. The van der Waals surface area contributed by atoms with Crippen molar-refractivity contribution in [1.82, 2.24) is 0 Å². The van der Waals surface area contributed by atoms with Crippen molar-refractivity contribution in [2.24, 2.45) is 0 Å². The smallest absolute Gasteiger partial charge is 0.0577 e. The van der Waals surface area contributed by atoms with Gasteiger partial charge >= 0.3 is 0 Å². The Morgan fingerprint density at radius 1 is 1.27 bits per heavy atom. The van der Waals surface area contributed by atoms with Crippen molar-refractivity contribution in [3.63, 3.8) is 0 Å². The van der Waals surface area contributed by atoms with Crippen LogP contribution in [0, 0.1) is 0 Å². The molecule has 0 atom stereocenters. The molecule has 0 amide bonds. The lowest BCUT2D eigenvalue weighted by atomic mass is 10.2. The summed E-state index contributed by atoms with van der Waals surface area (Å²) < 4.78 is 0.928. The van der Waals surface area contributed by atoms with E-state index in [0.29, 0.717) is 0 Å². The second kappa shape index (κ2) is 3.93. The third-order valence-corrected chi connectivity index (χ3v) is 2.76. The molecule has 0 spiro atoms. The fourth-order valence-corrected chi connectivity index (χ4v) is 1.33. The van der Waals surface area contributed by atoms with E-state index in [1.165, 1.54) is 0 Å². The van der Waals surface area contributed by atoms with Gasteiger partial charge in [-0.2, -0.15) is 0 Å². The number of allylic oxidation sites excluding steroid dienone is 8. The highest BCUT2D eigenvalue weighted by atomic mass is 79.9. The van der Waals surface area contributed by atoms with Gasteiger partial charge in [-0.25, -0.2) is 0 Å². The zero-order valence-electron chi connectivity index (χ0n) is 6.14. The highest BCUT2D eigenvalue weighted by Crippen LogP contribution is 2.25. The largest absolute Gasteiger partial charge is 0.0828 e. The maximum atomic E-state index is 5.97. The molecular formula is C9H8BrCl. The first-order valence-electron chi connectivity index (χ1n) is 3.29. The summed E-state index contributed by atoms with van der Waals surface area (Å²) in [7, 11) is 0. The van der Waals surface area contributed by atoms with Gasteiger partial charge in [0.05, 0.1) is 5.03 Å². The first-order chi connectivity index (χ1) is 5.22. The molecular weight excluding hydrogens is 223 g/mol. The van der Waals surface area contributed by atoms with Crippen LogP contribution in [0.4, 0.5) is 0 Å². The molecule has 0 saturated heterocycles. The summed E-state index contributed by atoms with van der Waals surface area (Å²) in [5.74, 6) is 0. The van der Waals surface area contributed by atoms with E-state index in [0.717, 1.165) is 15.1 Å². The minimum absolute atomic E-state index is 0.769. The molecule has 0 aromatic carbocycles. The maximum absolute atomic E-state index is 5.97. The molecule has 0 heterocycles. The standard InChI is InChI=1S/C9H8BrCl/c1-7-5-3-2-4-6-8(10)9(7)11/h2-6H,1H3/b3-2?,4-2-,5-3-,6-4?,7-5?,8-6+,9-7+,9-8?. The molecule has 2 heteroatoms. The van der Waals surface area contributed by atoms with E-state index in [1.54, 1.807) is 0 Å². The highest BCUT2D eigenvalue weighted by molar-refractivity contribution is 9.12. The van der Waals surface area contributed by atoms with E-state index in [1.807, 2.05) is 37.3 Å². The van der Waals surface area contributed by atoms with Crippen molar-refractivity contribution >= 4 is 27.5 Å². The fraction of sp³-hybridized carbons (Fsp3) is 0.111. The molecule has 1 rings (SSSR count). The molecule has 0 radical (unpaired) electrons. The first kappa shape index (κ1) is 8.82. The summed E-state index contributed by atoms with van der Waals surface area (Å²) in [6.45, 7) is 1.98. The third-order valence-electron chi connectivity index (χ3n) is 1.37. The van der Waals surface area contributed by atoms with Gasteiger partial charge in [-0.05, 0) is 34.5 Å². The number of rotatable bonds is 0. The van der Waals surface area contributed by atoms with Gasteiger partial charge in [-0.1, -0.05) is 35.9 Å². The van der Waals surface area contributed by atoms with E-state index in [-0.39, 0.29) is 0 Å². The minimum Gasteiger partial charge on any atom is -0.0828 e. The molecule has 0 aromatic heterocycles. The summed E-state index contributed by atoms with van der Waals surface area (Å²) in [4.78, 5) is 0. The molecule has 1 aliphatic carbocycles. The number of halogens is 2. The first-order valence-corrected chi connectivity index (χ1v) is 4.46. The van der Waals surface area contributed by atoms with Crippen molar-refractivity contribution in [3.8, 4) is 0 Å². The van der Waals surface area contributed by atoms with Crippen LogP contribution in [0.15, 0.2) is 45.5 Å². The van der Waals surface area contributed by atoms with Crippen LogP contribution in [0.5, 0.6) is 0 Å². The van der Waals surface area contributed by atoms with Gasteiger partial charge in [-0.15, -0.1) is 0 Å². The summed E-state index contributed by atoms with van der Waals surface area (Å²) in [5.41, 5.74) is 1.07. The van der Waals surface area contributed by atoms with Crippen LogP contribution in [0.2, 0.25) is 0 Å². The van der Waals surface area contributed by atoms with Crippen molar-refractivity contribution in [2.75, 3.05) is 0 Å². The van der Waals surface area contributed by atoms with Gasteiger partial charge in [0, 0.05) is 4.48 Å². The molecule has 0 bridgehead atoms. The monoisotopic (exact) mass is 230 g/mol. The molecule has 1 aliphatic rings. The van der Waals surface area contributed by atoms with E-state index in [4.69, 9.17) is 11.6 Å². The van der Waals surface area contributed by atoms with Crippen LogP contribution in [0.3, 0.4) is 0 Å². The molecule has 0 aliphatic heterocycles. The Kier molecular flexibility index (Phi) is 3.16. The summed E-state index contributed by atoms with van der Waals surface area (Å²) in [5, 5.41) is 0.769. The lowest BCUT2D eigenvalue weighted by molar-refractivity contribution is 1.48. The molecule has 0 N–H and O–H groups in total. The third kappa shape index (κ3) is 2.35. The van der Waals surface area contributed by atoms with Crippen LogP contribution in [-0.4, -0.2) is 0 Å². The molecule has 0 unspecified atom stereocenters. The van der Waals surface area contributed by atoms with Crippen molar-refractivity contribution in [1.29, 1.82) is 0 Å². The number of hydrogen-bond acceptors (Lipinski definition) is 0. The topological polar surface area (TPSA) is 0 Å². The summed E-state index contributed by atoms with van der Waals surface area (Å²) in [6, 6.07) is 0. The Labute approximate surface area is 80.1 Å². The predicted octanol–water partition coefficient (Wildman–Crippen LogP) is 3.90. The second-order valence-electron chi connectivity index (χ2n) is 2.26. The van der Waals surface area contributed by atoms with Gasteiger partial charge in [0.2, 0.25) is 0 Å². The van der Waals surface area contributed by atoms with Gasteiger partial charge in [-0.3, -0.25) is 0 Å². The lowest BCUT2D eigenvalue weighted by Gasteiger charge is -2.00. The van der Waals surface area contributed by atoms with Crippen molar-refractivity contribution < 1.29 is 0 Å². The van der Waals surface area contributed by atoms with Gasteiger partial charge < -0.3 is 0 Å². The van der Waals surface area contributed by atoms with Crippen LogP contribution < -0.4 is 0 Å². The van der Waals surface area contributed by atoms with Crippen LogP contribution in [-0.2, 0) is 0 Å². The molecule has 0 fully saturated rings. The lowest BCUT2D eigenvalue weighted by Crippen LogP contribution is -1.79. The van der Waals surface area contributed by atoms with Crippen LogP contribution in [0.25, 0.3) is 0 Å². The van der Waals surface area contributed by atoms with Crippen molar-refractivity contribution in [2.45, 2.75) is 6.92 Å². The maximum Gasteiger partial charge on any atom is 0.0577 e. The zero-order chi connectivity index (χ0) is 8.27. The van der Waals surface area contributed by atoms with E-state index in [2.05, 4.69) is 15.9 Å². The normalized spacial score (nSPS) is 35.0. The SMILES string of the molecule is CC1=C(Cl)/C(Br)=C\C=C/C=C\1. The predicted molar refractivity (Wildman–Crippen MR) is 53.8 cm³/mol. The molecule has 0 saturated carbocycles. The molecule has 11 heavy (non-hydrogen) atoms. The zero-order valence-corrected chi connectivity index (χ0v) is 8.48. The van der Waals surface area contributed by atoms with Gasteiger partial charge in [0.25, 0.3) is 0 Å². The van der Waals surface area contributed by atoms with Crippen LogP contribution in [0.1, 0.15) is 6.92 Å². The van der Waals surface area contributed by atoms with Crippen LogP contribution >= 0.6 is 27.5 Å². The average molecular weight is 232 g/mol. The molecule has 0 nitrogen and oxygen atoms in total. The quantitative estimate of drug-likeness (QED) is 0.593. The second-order valence-corrected chi connectivity index (χ2v) is 3.49. The average Bonchev–Trinajstić information content (AvgIpc) is 2.00. The molecule has 58 valence electrons. The Morgan fingerprint density at radius 3 is 2.73 bits per heavy atom. The van der Waals surface area contributed by atoms with E-state index >= 15 is 0 Å². The van der Waals surface area contributed by atoms with Crippen molar-refractivity contribution in [3.05, 3.63) is 45.5 Å². The Hall–Kier alpha value is -0.270. The summed E-state index contributed by atoms with van der Waals surface area (Å²) in [6.07, 6.45) is 9.78. The fourth-order valence-electron chi connectivity index (χ4n) is 0.739. The Morgan fingerprint density at radius 2 is 2.00 bits per heavy atom. The Balaban J connectivity index is 3.07. The Bertz CT molecular complexity index is 269.